The molecule has 5 heteroatoms. The van der Waals surface area contributed by atoms with E-state index in [2.05, 4.69) is 30.3 Å². The summed E-state index contributed by atoms with van der Waals surface area (Å²) in [5.41, 5.74) is 1.95. The first-order valence-corrected chi connectivity index (χ1v) is 6.72. The molecule has 0 saturated heterocycles. The van der Waals surface area contributed by atoms with Gasteiger partial charge in [0.15, 0.2) is 16.3 Å². The Morgan fingerprint density at radius 1 is 1.21 bits per heavy atom. The van der Waals surface area contributed by atoms with E-state index in [4.69, 9.17) is 21.7 Å². The molecule has 1 heterocycles. The molecule has 0 spiro atoms. The quantitative estimate of drug-likeness (QED) is 0.864. The molecule has 0 aliphatic rings. The minimum absolute atomic E-state index is 0.0467. The fourth-order valence-electron chi connectivity index (χ4n) is 2.19. The van der Waals surface area contributed by atoms with Crippen molar-refractivity contribution in [3.05, 3.63) is 16.9 Å². The molecule has 19 heavy (non-hydrogen) atoms. The summed E-state index contributed by atoms with van der Waals surface area (Å²) in [7, 11) is 3.27. The van der Waals surface area contributed by atoms with Crippen LogP contribution in [0.1, 0.15) is 27.2 Å². The Morgan fingerprint density at radius 2 is 1.79 bits per heavy atom. The molecule has 0 aliphatic carbocycles. The SMILES string of the molecule is CCC(C)(C)n1c(=S)[nH]c2cc(OC)c(OC)cc21. The Bertz CT molecular complexity index is 655. The smallest absolute Gasteiger partial charge is 0.178 e. The van der Waals surface area contributed by atoms with Crippen LogP contribution in [0.25, 0.3) is 11.0 Å². The van der Waals surface area contributed by atoms with Crippen molar-refractivity contribution in [1.82, 2.24) is 9.55 Å². The van der Waals surface area contributed by atoms with Crippen molar-refractivity contribution in [3.63, 3.8) is 0 Å². The van der Waals surface area contributed by atoms with Crippen molar-refractivity contribution in [3.8, 4) is 11.5 Å². The number of methoxy groups -OCH3 is 2. The number of H-pyrrole nitrogens is 1. The normalized spacial score (nSPS) is 11.8. The number of benzene rings is 1. The van der Waals surface area contributed by atoms with Gasteiger partial charge in [-0.3, -0.25) is 0 Å². The molecule has 0 amide bonds. The average molecular weight is 280 g/mol. The molecule has 2 rings (SSSR count). The molecule has 0 bridgehead atoms. The Hall–Kier alpha value is -1.49. The van der Waals surface area contributed by atoms with Crippen LogP contribution in [0.4, 0.5) is 0 Å². The Morgan fingerprint density at radius 3 is 2.32 bits per heavy atom. The molecule has 0 unspecified atom stereocenters. The third-order valence-corrected chi connectivity index (χ3v) is 3.94. The van der Waals surface area contributed by atoms with E-state index in [1.807, 2.05) is 12.1 Å². The molecule has 0 aliphatic heterocycles. The van der Waals surface area contributed by atoms with Crippen LogP contribution in [0.2, 0.25) is 0 Å². The van der Waals surface area contributed by atoms with E-state index in [0.29, 0.717) is 11.5 Å². The molecule has 1 aromatic carbocycles. The highest BCUT2D eigenvalue weighted by atomic mass is 32.1. The highest BCUT2D eigenvalue weighted by Crippen LogP contribution is 2.34. The van der Waals surface area contributed by atoms with Gasteiger partial charge in [0, 0.05) is 17.7 Å². The lowest BCUT2D eigenvalue weighted by Crippen LogP contribution is -2.25. The van der Waals surface area contributed by atoms with Crippen molar-refractivity contribution < 1.29 is 9.47 Å². The maximum atomic E-state index is 5.45. The second-order valence-electron chi connectivity index (χ2n) is 5.16. The van der Waals surface area contributed by atoms with Gasteiger partial charge in [-0.05, 0) is 32.5 Å². The van der Waals surface area contributed by atoms with Gasteiger partial charge in [-0.25, -0.2) is 0 Å². The topological polar surface area (TPSA) is 39.2 Å². The monoisotopic (exact) mass is 280 g/mol. The van der Waals surface area contributed by atoms with E-state index in [1.165, 1.54) is 0 Å². The van der Waals surface area contributed by atoms with Gasteiger partial charge in [-0.1, -0.05) is 6.92 Å². The van der Waals surface area contributed by atoms with Gasteiger partial charge in [0.2, 0.25) is 0 Å². The van der Waals surface area contributed by atoms with E-state index >= 15 is 0 Å². The Kier molecular flexibility index (Phi) is 3.58. The number of nitrogens with one attached hydrogen (secondary N) is 1. The number of rotatable bonds is 4. The van der Waals surface area contributed by atoms with Crippen molar-refractivity contribution in [2.45, 2.75) is 32.7 Å². The van der Waals surface area contributed by atoms with Gasteiger partial charge in [-0.15, -0.1) is 0 Å². The zero-order valence-corrected chi connectivity index (χ0v) is 12.9. The molecule has 0 atom stereocenters. The first-order chi connectivity index (χ1) is 8.94. The lowest BCUT2D eigenvalue weighted by molar-refractivity contribution is 0.345. The van der Waals surface area contributed by atoms with E-state index in [9.17, 15) is 0 Å². The van der Waals surface area contributed by atoms with Gasteiger partial charge in [0.1, 0.15) is 0 Å². The molecule has 1 N–H and O–H groups in total. The van der Waals surface area contributed by atoms with Gasteiger partial charge >= 0.3 is 0 Å². The van der Waals surface area contributed by atoms with Crippen LogP contribution in [0.5, 0.6) is 11.5 Å². The maximum Gasteiger partial charge on any atom is 0.178 e. The maximum absolute atomic E-state index is 5.45. The zero-order chi connectivity index (χ0) is 14.2. The van der Waals surface area contributed by atoms with Gasteiger partial charge in [0.05, 0.1) is 25.3 Å². The summed E-state index contributed by atoms with van der Waals surface area (Å²) < 4.78 is 13.5. The fraction of sp³-hybridized carbons (Fsp3) is 0.500. The summed E-state index contributed by atoms with van der Waals surface area (Å²) in [5.74, 6) is 1.41. The number of hydrogen-bond acceptors (Lipinski definition) is 3. The third-order valence-electron chi connectivity index (χ3n) is 3.66. The molecule has 0 saturated carbocycles. The number of aromatic amines is 1. The summed E-state index contributed by atoms with van der Waals surface area (Å²) in [6.45, 7) is 6.50. The minimum Gasteiger partial charge on any atom is -0.493 e. The van der Waals surface area contributed by atoms with Gasteiger partial charge in [0.25, 0.3) is 0 Å². The van der Waals surface area contributed by atoms with Crippen LogP contribution < -0.4 is 9.47 Å². The van der Waals surface area contributed by atoms with Gasteiger partial charge in [-0.2, -0.15) is 0 Å². The van der Waals surface area contributed by atoms with Crippen LogP contribution in [0.3, 0.4) is 0 Å². The summed E-state index contributed by atoms with van der Waals surface area (Å²) in [4.78, 5) is 3.24. The minimum atomic E-state index is -0.0467. The molecule has 0 radical (unpaired) electrons. The lowest BCUT2D eigenvalue weighted by Gasteiger charge is -2.26. The standard InChI is InChI=1S/C14H20N2O2S/c1-6-14(2,3)16-10-8-12(18-5)11(17-4)7-9(10)15-13(16)19/h7-8H,6H2,1-5H3,(H,15,19). The van der Waals surface area contributed by atoms with Crippen molar-refractivity contribution in [2.24, 2.45) is 0 Å². The number of nitrogens with zero attached hydrogens (tertiary/aromatic N) is 1. The van der Waals surface area contributed by atoms with Crippen LogP contribution in [-0.4, -0.2) is 23.8 Å². The van der Waals surface area contributed by atoms with E-state index in [1.54, 1.807) is 14.2 Å². The van der Waals surface area contributed by atoms with Crippen LogP contribution in [-0.2, 0) is 5.54 Å². The molecular weight excluding hydrogens is 260 g/mol. The third kappa shape index (κ3) is 2.23. The summed E-state index contributed by atoms with van der Waals surface area (Å²) >= 11 is 5.45. The summed E-state index contributed by atoms with van der Waals surface area (Å²) in [6, 6.07) is 3.89. The lowest BCUT2D eigenvalue weighted by atomic mass is 10.0. The molecule has 104 valence electrons. The first kappa shape index (κ1) is 13.9. The summed E-state index contributed by atoms with van der Waals surface area (Å²) in [6.07, 6.45) is 0.989. The van der Waals surface area contributed by atoms with Gasteiger partial charge < -0.3 is 19.0 Å². The number of aromatic nitrogens is 2. The first-order valence-electron chi connectivity index (χ1n) is 6.32. The average Bonchev–Trinajstić information content (AvgIpc) is 2.72. The predicted octanol–water partition coefficient (Wildman–Crippen LogP) is 3.86. The molecule has 2 aromatic rings. The van der Waals surface area contributed by atoms with Crippen molar-refractivity contribution in [1.29, 1.82) is 0 Å². The summed E-state index contributed by atoms with van der Waals surface area (Å²) in [5, 5.41) is 0. The van der Waals surface area contributed by atoms with E-state index in [0.717, 1.165) is 22.2 Å². The van der Waals surface area contributed by atoms with E-state index < -0.39 is 0 Å². The fourth-order valence-corrected chi connectivity index (χ4v) is 2.65. The Balaban J connectivity index is 2.80. The largest absolute Gasteiger partial charge is 0.493 e. The molecule has 0 fully saturated rings. The van der Waals surface area contributed by atoms with Crippen LogP contribution >= 0.6 is 12.2 Å². The molecule has 4 nitrogen and oxygen atoms in total. The number of hydrogen-bond donors (Lipinski definition) is 1. The van der Waals surface area contributed by atoms with Crippen molar-refractivity contribution >= 4 is 23.3 Å². The zero-order valence-electron chi connectivity index (χ0n) is 12.0. The second kappa shape index (κ2) is 4.89. The van der Waals surface area contributed by atoms with Crippen LogP contribution in [0, 0.1) is 4.77 Å². The number of fused-ring (bicyclic) bond motifs is 1. The Labute approximate surface area is 118 Å². The number of imidazole rings is 1. The molecule has 1 aromatic heterocycles. The van der Waals surface area contributed by atoms with Crippen molar-refractivity contribution in [2.75, 3.05) is 14.2 Å². The van der Waals surface area contributed by atoms with Crippen LogP contribution in [0.15, 0.2) is 12.1 Å². The number of ether oxygens (including phenoxy) is 2. The molecular formula is C14H20N2O2S. The van der Waals surface area contributed by atoms with E-state index in [-0.39, 0.29) is 5.54 Å². The highest BCUT2D eigenvalue weighted by molar-refractivity contribution is 7.71. The predicted molar refractivity (Wildman–Crippen MR) is 79.8 cm³/mol. The highest BCUT2D eigenvalue weighted by Gasteiger charge is 2.22. The second-order valence-corrected chi connectivity index (χ2v) is 5.54.